The number of nitrogens with two attached hydrogens (primary N) is 1. The predicted molar refractivity (Wildman–Crippen MR) is 102 cm³/mol. The third kappa shape index (κ3) is 5.51. The van der Waals surface area contributed by atoms with E-state index in [2.05, 4.69) is 10.3 Å². The van der Waals surface area contributed by atoms with E-state index in [1.165, 1.54) is 18.3 Å². The van der Waals surface area contributed by atoms with Crippen LogP contribution >= 0.6 is 0 Å². The van der Waals surface area contributed by atoms with Gasteiger partial charge >= 0.3 is 0 Å². The van der Waals surface area contributed by atoms with Gasteiger partial charge in [0.1, 0.15) is 5.69 Å². The van der Waals surface area contributed by atoms with E-state index in [9.17, 15) is 19.2 Å². The molecule has 152 valence electrons. The Morgan fingerprint density at radius 1 is 1.32 bits per heavy atom. The molecule has 1 aromatic rings. The molecule has 0 aliphatic carbocycles. The molecule has 1 aromatic heterocycles. The minimum Gasteiger partial charge on any atom is -0.364 e. The van der Waals surface area contributed by atoms with Crippen LogP contribution in [-0.4, -0.2) is 71.1 Å². The topological polar surface area (TPSA) is 126 Å². The Balaban J connectivity index is 1.94. The van der Waals surface area contributed by atoms with Crippen molar-refractivity contribution in [1.82, 2.24) is 20.1 Å². The van der Waals surface area contributed by atoms with Gasteiger partial charge in [0, 0.05) is 38.8 Å². The first-order chi connectivity index (χ1) is 13.3. The van der Waals surface area contributed by atoms with Crippen molar-refractivity contribution in [3.8, 4) is 0 Å². The number of likely N-dealkylation sites (tertiary alicyclic amines) is 1. The van der Waals surface area contributed by atoms with Gasteiger partial charge in [-0.2, -0.15) is 0 Å². The second kappa shape index (κ2) is 9.82. The standard InChI is InChI=1S/C19H27N5O4/c1-3-5-16(25)22-11-17(26)24-9-4-6-14(12-24)23(2)19(28)13-7-8-15(18(20)27)21-10-13/h7-8,10,14H,3-6,9,11-12H2,1-2H3,(H2,20,27)(H,22,25). The van der Waals surface area contributed by atoms with Crippen LogP contribution in [0.1, 0.15) is 53.5 Å². The van der Waals surface area contributed by atoms with Gasteiger partial charge in [-0.05, 0) is 31.4 Å². The molecule has 1 fully saturated rings. The molecule has 2 heterocycles. The van der Waals surface area contributed by atoms with Crippen LogP contribution in [0.2, 0.25) is 0 Å². The highest BCUT2D eigenvalue weighted by Gasteiger charge is 2.29. The molecule has 1 aliphatic heterocycles. The van der Waals surface area contributed by atoms with E-state index >= 15 is 0 Å². The molecular formula is C19H27N5O4. The molecule has 2 rings (SSSR count). The van der Waals surface area contributed by atoms with Gasteiger partial charge in [0.15, 0.2) is 0 Å². The number of hydrogen-bond donors (Lipinski definition) is 2. The lowest BCUT2D eigenvalue weighted by molar-refractivity contribution is -0.134. The fourth-order valence-corrected chi connectivity index (χ4v) is 3.13. The van der Waals surface area contributed by atoms with Crippen LogP contribution in [-0.2, 0) is 9.59 Å². The van der Waals surface area contributed by atoms with Crippen LogP contribution < -0.4 is 11.1 Å². The van der Waals surface area contributed by atoms with E-state index in [0.29, 0.717) is 25.1 Å². The summed E-state index contributed by atoms with van der Waals surface area (Å²) in [5.74, 6) is -1.18. The third-order valence-corrected chi connectivity index (χ3v) is 4.79. The summed E-state index contributed by atoms with van der Waals surface area (Å²) in [5, 5.41) is 2.63. The molecule has 1 atom stereocenters. The van der Waals surface area contributed by atoms with Crippen molar-refractivity contribution < 1.29 is 19.2 Å². The van der Waals surface area contributed by atoms with Gasteiger partial charge in [-0.15, -0.1) is 0 Å². The Bertz CT molecular complexity index is 734. The zero-order chi connectivity index (χ0) is 20.7. The number of rotatable bonds is 7. The SMILES string of the molecule is CCCC(=O)NCC(=O)N1CCCC(N(C)C(=O)c2ccc(C(N)=O)nc2)C1. The van der Waals surface area contributed by atoms with Crippen molar-refractivity contribution in [2.24, 2.45) is 5.73 Å². The monoisotopic (exact) mass is 389 g/mol. The number of nitrogens with one attached hydrogen (secondary N) is 1. The number of pyridine rings is 1. The Kier molecular flexibility index (Phi) is 7.48. The highest BCUT2D eigenvalue weighted by atomic mass is 16.2. The van der Waals surface area contributed by atoms with Crippen LogP contribution in [0.4, 0.5) is 0 Å². The molecule has 0 saturated carbocycles. The van der Waals surface area contributed by atoms with Crippen molar-refractivity contribution >= 4 is 23.6 Å². The predicted octanol–water partition coefficient (Wildman–Crippen LogP) is 0.160. The van der Waals surface area contributed by atoms with Gasteiger partial charge in [-0.3, -0.25) is 24.2 Å². The highest BCUT2D eigenvalue weighted by molar-refractivity contribution is 5.96. The third-order valence-electron chi connectivity index (χ3n) is 4.79. The number of likely N-dealkylation sites (N-methyl/N-ethyl adjacent to an activating group) is 1. The minimum absolute atomic E-state index is 0.0261. The summed E-state index contributed by atoms with van der Waals surface area (Å²) in [6.07, 6.45) is 4.01. The first-order valence-corrected chi connectivity index (χ1v) is 9.41. The molecule has 9 heteroatoms. The van der Waals surface area contributed by atoms with E-state index in [0.717, 1.165) is 19.3 Å². The Morgan fingerprint density at radius 3 is 2.68 bits per heavy atom. The maximum atomic E-state index is 12.7. The van der Waals surface area contributed by atoms with Gasteiger partial charge in [0.05, 0.1) is 12.1 Å². The molecule has 0 bridgehead atoms. The summed E-state index contributed by atoms with van der Waals surface area (Å²) in [4.78, 5) is 54.9. The maximum absolute atomic E-state index is 12.7. The number of primary amides is 1. The molecular weight excluding hydrogens is 362 g/mol. The molecule has 0 radical (unpaired) electrons. The molecule has 4 amide bonds. The average Bonchev–Trinajstić information content (AvgIpc) is 2.71. The molecule has 1 unspecified atom stereocenters. The van der Waals surface area contributed by atoms with Crippen LogP contribution in [0.25, 0.3) is 0 Å². The molecule has 1 saturated heterocycles. The number of nitrogens with zero attached hydrogens (tertiary/aromatic N) is 3. The van der Waals surface area contributed by atoms with Gasteiger partial charge in [0.25, 0.3) is 11.8 Å². The largest absolute Gasteiger partial charge is 0.364 e. The maximum Gasteiger partial charge on any atom is 0.267 e. The summed E-state index contributed by atoms with van der Waals surface area (Å²) in [5.41, 5.74) is 5.61. The number of carbonyl (C=O) groups is 4. The van der Waals surface area contributed by atoms with E-state index < -0.39 is 5.91 Å². The molecule has 9 nitrogen and oxygen atoms in total. The number of hydrogen-bond acceptors (Lipinski definition) is 5. The van der Waals surface area contributed by atoms with Crippen LogP contribution in [0.5, 0.6) is 0 Å². The van der Waals surface area contributed by atoms with Crippen molar-refractivity contribution in [3.63, 3.8) is 0 Å². The van der Waals surface area contributed by atoms with Gasteiger partial charge in [0.2, 0.25) is 11.8 Å². The summed E-state index contributed by atoms with van der Waals surface area (Å²) in [6.45, 7) is 2.90. The summed E-state index contributed by atoms with van der Waals surface area (Å²) < 4.78 is 0. The Hall–Kier alpha value is -2.97. The van der Waals surface area contributed by atoms with Gasteiger partial charge < -0.3 is 20.9 Å². The molecule has 3 N–H and O–H groups in total. The second-order valence-corrected chi connectivity index (χ2v) is 6.87. The smallest absolute Gasteiger partial charge is 0.267 e. The zero-order valence-electron chi connectivity index (χ0n) is 16.3. The Morgan fingerprint density at radius 2 is 2.07 bits per heavy atom. The van der Waals surface area contributed by atoms with Crippen molar-refractivity contribution in [2.75, 3.05) is 26.7 Å². The van der Waals surface area contributed by atoms with Gasteiger partial charge in [-0.1, -0.05) is 6.92 Å². The van der Waals surface area contributed by atoms with E-state index in [-0.39, 0.29) is 36.0 Å². The Labute approximate surface area is 164 Å². The highest BCUT2D eigenvalue weighted by Crippen LogP contribution is 2.17. The average molecular weight is 389 g/mol. The molecule has 28 heavy (non-hydrogen) atoms. The summed E-state index contributed by atoms with van der Waals surface area (Å²) in [6, 6.07) is 2.80. The normalized spacial score (nSPS) is 16.4. The van der Waals surface area contributed by atoms with E-state index in [1.807, 2.05) is 6.92 Å². The fraction of sp³-hybridized carbons (Fsp3) is 0.526. The number of aromatic nitrogens is 1. The van der Waals surface area contributed by atoms with Crippen molar-refractivity contribution in [2.45, 2.75) is 38.6 Å². The first kappa shape index (κ1) is 21.3. The lowest BCUT2D eigenvalue weighted by Crippen LogP contribution is -2.52. The first-order valence-electron chi connectivity index (χ1n) is 9.41. The van der Waals surface area contributed by atoms with Crippen LogP contribution in [0.15, 0.2) is 18.3 Å². The van der Waals surface area contributed by atoms with Crippen molar-refractivity contribution in [1.29, 1.82) is 0 Å². The lowest BCUT2D eigenvalue weighted by Gasteiger charge is -2.37. The quantitative estimate of drug-likeness (QED) is 0.687. The number of piperidine rings is 1. The van der Waals surface area contributed by atoms with E-state index in [1.54, 1.807) is 16.8 Å². The second-order valence-electron chi connectivity index (χ2n) is 6.87. The summed E-state index contributed by atoms with van der Waals surface area (Å²) in [7, 11) is 1.69. The van der Waals surface area contributed by atoms with E-state index in [4.69, 9.17) is 5.73 Å². The molecule has 0 aromatic carbocycles. The lowest BCUT2D eigenvalue weighted by atomic mass is 10.0. The summed E-state index contributed by atoms with van der Waals surface area (Å²) >= 11 is 0. The number of carbonyl (C=O) groups excluding carboxylic acids is 4. The van der Waals surface area contributed by atoms with Gasteiger partial charge in [-0.25, -0.2) is 0 Å². The van der Waals surface area contributed by atoms with Crippen LogP contribution in [0.3, 0.4) is 0 Å². The number of amides is 4. The molecule has 0 spiro atoms. The molecule has 1 aliphatic rings. The fourth-order valence-electron chi connectivity index (χ4n) is 3.13. The van der Waals surface area contributed by atoms with Crippen LogP contribution in [0, 0.1) is 0 Å². The van der Waals surface area contributed by atoms with Crippen molar-refractivity contribution in [3.05, 3.63) is 29.6 Å². The zero-order valence-corrected chi connectivity index (χ0v) is 16.3. The minimum atomic E-state index is -0.653.